The number of Topliss-reactive ketones (excluding diaryl/α,β-unsaturated/α-hetero) is 1. The number of hydrogen-bond donors (Lipinski definition) is 5. The van der Waals surface area contributed by atoms with Crippen molar-refractivity contribution in [3.8, 4) is 5.75 Å². The summed E-state index contributed by atoms with van der Waals surface area (Å²) in [6.07, 6.45) is 6.02. The lowest BCUT2D eigenvalue weighted by atomic mass is 10.1. The van der Waals surface area contributed by atoms with Gasteiger partial charge >= 0.3 is 0 Å². The van der Waals surface area contributed by atoms with Gasteiger partial charge in [0.1, 0.15) is 11.4 Å². The van der Waals surface area contributed by atoms with Crippen LogP contribution >= 0.6 is 0 Å². The van der Waals surface area contributed by atoms with Crippen molar-refractivity contribution in [2.75, 3.05) is 85.7 Å². The van der Waals surface area contributed by atoms with Gasteiger partial charge in [-0.05, 0) is 117 Å². The Labute approximate surface area is 402 Å². The van der Waals surface area contributed by atoms with Gasteiger partial charge in [0.2, 0.25) is 11.5 Å². The van der Waals surface area contributed by atoms with E-state index in [1.165, 1.54) is 13.0 Å². The maximum absolute atomic E-state index is 13.0. The van der Waals surface area contributed by atoms with Crippen molar-refractivity contribution in [1.29, 1.82) is 0 Å². The molecule has 0 atom stereocenters. The maximum Gasteiger partial charge on any atom is 0.280 e. The first kappa shape index (κ1) is 53.3. The average molecular weight is 949 g/mol. The van der Waals surface area contributed by atoms with E-state index >= 15 is 0 Å². The van der Waals surface area contributed by atoms with Crippen molar-refractivity contribution < 1.29 is 48.0 Å². The second-order valence-electron chi connectivity index (χ2n) is 15.7. The monoisotopic (exact) mass is 948 g/mol. The predicted molar refractivity (Wildman–Crippen MR) is 262 cm³/mol. The zero-order chi connectivity index (χ0) is 49.1. The zero-order valence-electron chi connectivity index (χ0n) is 39.5. The molecule has 1 aromatic heterocycles. The van der Waals surface area contributed by atoms with E-state index < -0.39 is 5.91 Å². The molecule has 69 heavy (non-hydrogen) atoms. The van der Waals surface area contributed by atoms with E-state index in [1.54, 1.807) is 72.8 Å². The number of ketones is 1. The van der Waals surface area contributed by atoms with Crippen LogP contribution in [0, 0.1) is 0 Å². The van der Waals surface area contributed by atoms with Crippen molar-refractivity contribution in [3.05, 3.63) is 124 Å². The van der Waals surface area contributed by atoms with E-state index in [9.17, 15) is 24.3 Å². The van der Waals surface area contributed by atoms with Crippen molar-refractivity contribution >= 4 is 52.0 Å². The van der Waals surface area contributed by atoms with Crippen LogP contribution in [0.4, 0.5) is 11.4 Å². The third kappa shape index (κ3) is 18.7. The number of rotatable bonds is 31. The summed E-state index contributed by atoms with van der Waals surface area (Å²) in [6, 6.07) is 24.1. The van der Waals surface area contributed by atoms with Crippen LogP contribution in [0.15, 0.2) is 106 Å². The van der Waals surface area contributed by atoms with Gasteiger partial charge in [-0.2, -0.15) is 10.1 Å². The quantitative estimate of drug-likeness (QED) is 0.0142. The molecule has 18 nitrogen and oxygen atoms in total. The van der Waals surface area contributed by atoms with E-state index in [1.807, 2.05) is 29.7 Å². The van der Waals surface area contributed by atoms with Gasteiger partial charge in [0.15, 0.2) is 5.78 Å². The van der Waals surface area contributed by atoms with Crippen LogP contribution in [-0.2, 0) is 41.4 Å². The molecule has 0 saturated carbocycles. The number of ether oxygens (including phenoxy) is 5. The molecule has 18 heteroatoms. The van der Waals surface area contributed by atoms with Crippen molar-refractivity contribution in [2.24, 2.45) is 21.0 Å². The smallest absolute Gasteiger partial charge is 0.280 e. The van der Waals surface area contributed by atoms with Crippen molar-refractivity contribution in [3.63, 3.8) is 0 Å². The standard InChI is InChI=1S/C51H64N8O10/c1-3-23-59-46-35-38(9-16-44(46)55-51(59)56-50(64)42-8-4-7-41(36-42)37(2)60)11-18-48(62)53-21-5-24-65-26-28-67-30-32-69-33-31-68-29-27-66-25-6-22-54-49(63)40-12-14-43(15-13-40)57-58-45-34-39(19-20-52)10-17-47(45)61/h4,7-18,34-36,61H,3,5-6,19-33,52H2,1-2H3,(H,53,62)(H,54,63)(H,55,56,64)/b18-11+,58-57+. The van der Waals surface area contributed by atoms with Gasteiger partial charge in [0.25, 0.3) is 11.8 Å². The number of nitrogens with zero attached hydrogens (tertiary/aromatic N) is 4. The molecule has 0 aliphatic heterocycles. The number of aromatic hydroxyl groups is 1. The first-order chi connectivity index (χ1) is 33.6. The SMILES string of the molecule is CCCn1/c(=N/C(=O)c2cccc(C(C)=O)c2)[nH]c2ccc(/C=C/C(=O)NCCCOCCOCCOCCOCCOCCCNC(=O)c3ccc(/N=N/c4cc(CCN)ccc4O)cc3)cc21. The fraction of sp³-hybridized carbons (Fsp3) is 0.392. The number of aromatic amines is 1. The number of fused-ring (bicyclic) bond motifs is 1. The number of azo groups is 1. The van der Waals surface area contributed by atoms with Gasteiger partial charge in [0, 0.05) is 55.6 Å². The maximum atomic E-state index is 13.0. The van der Waals surface area contributed by atoms with Gasteiger partial charge in [-0.25, -0.2) is 0 Å². The minimum absolute atomic E-state index is 0.0297. The lowest BCUT2D eigenvalue weighted by Crippen LogP contribution is -2.25. The summed E-state index contributed by atoms with van der Waals surface area (Å²) in [5, 5.41) is 24.1. The highest BCUT2D eigenvalue weighted by molar-refractivity contribution is 6.00. The van der Waals surface area contributed by atoms with Crippen molar-refractivity contribution in [2.45, 2.75) is 46.1 Å². The lowest BCUT2D eigenvalue weighted by Gasteiger charge is -2.08. The second kappa shape index (κ2) is 30.0. The van der Waals surface area contributed by atoms with E-state index in [4.69, 9.17) is 29.4 Å². The Morgan fingerprint density at radius 1 is 0.725 bits per heavy atom. The number of carbonyl (C=O) groups excluding carboxylic acids is 4. The minimum Gasteiger partial charge on any atom is -0.506 e. The molecular formula is C51H64N8O10. The molecular weight excluding hydrogens is 885 g/mol. The van der Waals surface area contributed by atoms with Crippen LogP contribution < -0.4 is 22.0 Å². The largest absolute Gasteiger partial charge is 0.506 e. The number of carbonyl (C=O) groups is 4. The molecule has 4 aromatic carbocycles. The number of aryl methyl sites for hydroxylation is 1. The highest BCUT2D eigenvalue weighted by atomic mass is 16.6. The molecule has 0 fully saturated rings. The summed E-state index contributed by atoms with van der Waals surface area (Å²) in [4.78, 5) is 57.4. The molecule has 0 aliphatic rings. The summed E-state index contributed by atoms with van der Waals surface area (Å²) in [6.45, 7) is 9.98. The Morgan fingerprint density at radius 3 is 2.00 bits per heavy atom. The van der Waals surface area contributed by atoms with Crippen LogP contribution in [0.5, 0.6) is 5.75 Å². The number of imidazole rings is 1. The highest BCUT2D eigenvalue weighted by Crippen LogP contribution is 2.29. The number of aromatic nitrogens is 2. The van der Waals surface area contributed by atoms with Gasteiger partial charge < -0.3 is 54.7 Å². The highest BCUT2D eigenvalue weighted by Gasteiger charge is 2.12. The van der Waals surface area contributed by atoms with Crippen LogP contribution in [0.2, 0.25) is 0 Å². The topological polar surface area (TPSA) is 243 Å². The molecule has 5 aromatic rings. The van der Waals surface area contributed by atoms with Gasteiger partial charge in [-0.1, -0.05) is 31.2 Å². The first-order valence-electron chi connectivity index (χ1n) is 23.2. The molecule has 0 radical (unpaired) electrons. The molecule has 5 rings (SSSR count). The fourth-order valence-corrected chi connectivity index (χ4v) is 6.69. The molecule has 3 amide bonds. The molecule has 0 aliphatic carbocycles. The van der Waals surface area contributed by atoms with Gasteiger partial charge in [-0.15, -0.1) is 5.11 Å². The number of H-pyrrole nitrogens is 1. The molecule has 0 spiro atoms. The molecule has 1 heterocycles. The van der Waals surface area contributed by atoms with E-state index in [0.717, 1.165) is 28.6 Å². The predicted octanol–water partition coefficient (Wildman–Crippen LogP) is 6.37. The van der Waals surface area contributed by atoms with E-state index in [-0.39, 0.29) is 23.3 Å². The fourth-order valence-electron chi connectivity index (χ4n) is 6.69. The second-order valence-corrected chi connectivity index (χ2v) is 15.7. The number of hydrogen-bond acceptors (Lipinski definition) is 13. The Kier molecular flexibility index (Phi) is 23.1. The number of nitrogens with one attached hydrogen (secondary N) is 3. The first-order valence-corrected chi connectivity index (χ1v) is 23.2. The summed E-state index contributed by atoms with van der Waals surface area (Å²) >= 11 is 0. The third-order valence-corrected chi connectivity index (χ3v) is 10.3. The molecule has 0 unspecified atom stereocenters. The van der Waals surface area contributed by atoms with Crippen LogP contribution in [0.25, 0.3) is 17.1 Å². The minimum atomic E-state index is -0.449. The summed E-state index contributed by atoms with van der Waals surface area (Å²) in [7, 11) is 0. The Balaban J connectivity index is 0.819. The number of phenolic OH excluding ortho intramolecular Hbond substituents is 1. The Bertz CT molecular complexity index is 2550. The number of amides is 3. The van der Waals surface area contributed by atoms with Crippen LogP contribution in [0.3, 0.4) is 0 Å². The average Bonchev–Trinajstić information content (AvgIpc) is 3.69. The number of benzene rings is 4. The van der Waals surface area contributed by atoms with Gasteiger partial charge in [0.05, 0.1) is 69.6 Å². The Morgan fingerprint density at radius 2 is 1.36 bits per heavy atom. The molecule has 368 valence electrons. The van der Waals surface area contributed by atoms with Gasteiger partial charge in [-0.3, -0.25) is 19.2 Å². The summed E-state index contributed by atoms with van der Waals surface area (Å²) < 4.78 is 29.8. The van der Waals surface area contributed by atoms with E-state index in [0.29, 0.717) is 145 Å². The molecule has 0 bridgehead atoms. The summed E-state index contributed by atoms with van der Waals surface area (Å²) in [5.41, 5.74) is 11.6. The normalized spacial score (nSPS) is 11.8. The Hall–Kier alpha value is -6.67. The summed E-state index contributed by atoms with van der Waals surface area (Å²) in [5.74, 6) is -0.959. The third-order valence-electron chi connectivity index (χ3n) is 10.3. The van der Waals surface area contributed by atoms with Crippen molar-refractivity contribution in [1.82, 2.24) is 20.2 Å². The molecule has 0 saturated heterocycles. The number of nitrogens with two attached hydrogens (primary N) is 1. The van der Waals surface area contributed by atoms with Crippen LogP contribution in [-0.4, -0.2) is 124 Å². The number of phenols is 1. The lowest BCUT2D eigenvalue weighted by molar-refractivity contribution is -0.116. The zero-order valence-corrected chi connectivity index (χ0v) is 39.5. The van der Waals surface area contributed by atoms with E-state index in [2.05, 4.69) is 30.8 Å². The van der Waals surface area contributed by atoms with Crippen LogP contribution in [0.1, 0.15) is 75.3 Å². The molecule has 6 N–H and O–H groups in total.